The fourth-order valence-corrected chi connectivity index (χ4v) is 2.69. The third-order valence-corrected chi connectivity index (χ3v) is 3.78. The predicted molar refractivity (Wildman–Crippen MR) is 87.6 cm³/mol. The molecule has 0 aromatic heterocycles. The van der Waals surface area contributed by atoms with E-state index in [9.17, 15) is 9.59 Å². The molecule has 5 heteroatoms. The Labute approximate surface area is 133 Å². The van der Waals surface area contributed by atoms with Crippen molar-refractivity contribution in [3.63, 3.8) is 0 Å². The molecule has 0 aliphatic heterocycles. The van der Waals surface area contributed by atoms with Gasteiger partial charge in [0.25, 0.3) is 0 Å². The largest absolute Gasteiger partial charge is 0.444 e. The second kappa shape index (κ2) is 7.65. The van der Waals surface area contributed by atoms with Crippen LogP contribution in [-0.2, 0) is 9.53 Å². The van der Waals surface area contributed by atoms with Crippen LogP contribution < -0.4 is 10.6 Å². The van der Waals surface area contributed by atoms with Gasteiger partial charge in [0.05, 0.1) is 5.54 Å². The number of ether oxygens (including phenoxy) is 1. The lowest BCUT2D eigenvalue weighted by Crippen LogP contribution is -2.54. The minimum Gasteiger partial charge on any atom is -0.444 e. The number of amides is 2. The summed E-state index contributed by atoms with van der Waals surface area (Å²) in [4.78, 5) is 24.1. The van der Waals surface area contributed by atoms with Gasteiger partial charge in [-0.25, -0.2) is 4.79 Å². The lowest BCUT2D eigenvalue weighted by Gasteiger charge is -2.31. The molecule has 0 aromatic carbocycles. The van der Waals surface area contributed by atoms with Crippen LogP contribution in [0, 0.1) is 0 Å². The Bertz CT molecular complexity index is 430. The van der Waals surface area contributed by atoms with Crippen LogP contribution in [0.5, 0.6) is 0 Å². The van der Waals surface area contributed by atoms with E-state index in [0.717, 1.165) is 37.7 Å². The molecule has 1 aliphatic rings. The standard InChI is InChI=1S/C17H30N2O3/c1-6-9-13(2)14(20)19-17(10-7-8-11-17)12-18-15(21)22-16(3,4)5/h9H,6-8,10-12H2,1-5H3,(H,18,21)(H,19,20). The average molecular weight is 310 g/mol. The maximum Gasteiger partial charge on any atom is 0.407 e. The van der Waals surface area contributed by atoms with Gasteiger partial charge in [-0.2, -0.15) is 0 Å². The molecule has 1 aliphatic carbocycles. The number of alkyl carbamates (subject to hydrolysis) is 1. The van der Waals surface area contributed by atoms with Crippen LogP contribution in [0.15, 0.2) is 11.6 Å². The van der Waals surface area contributed by atoms with Gasteiger partial charge in [0, 0.05) is 12.1 Å². The third kappa shape index (κ3) is 6.08. The smallest absolute Gasteiger partial charge is 0.407 e. The molecule has 2 N–H and O–H groups in total. The normalized spacial score (nSPS) is 18.0. The van der Waals surface area contributed by atoms with E-state index in [0.29, 0.717) is 6.54 Å². The van der Waals surface area contributed by atoms with Gasteiger partial charge in [0.2, 0.25) is 5.91 Å². The molecule has 0 heterocycles. The fourth-order valence-electron chi connectivity index (χ4n) is 2.69. The minimum atomic E-state index is -0.517. The topological polar surface area (TPSA) is 67.4 Å². The number of carbonyl (C=O) groups is 2. The van der Waals surface area contributed by atoms with Gasteiger partial charge in [-0.3, -0.25) is 4.79 Å². The van der Waals surface area contributed by atoms with Gasteiger partial charge in [0.15, 0.2) is 0 Å². The zero-order chi connectivity index (χ0) is 16.8. The van der Waals surface area contributed by atoms with E-state index < -0.39 is 11.7 Å². The van der Waals surface area contributed by atoms with E-state index in [4.69, 9.17) is 4.74 Å². The maximum absolute atomic E-state index is 12.2. The highest BCUT2D eigenvalue weighted by atomic mass is 16.6. The van der Waals surface area contributed by atoms with Gasteiger partial charge in [0.1, 0.15) is 5.60 Å². The summed E-state index contributed by atoms with van der Waals surface area (Å²) in [6.45, 7) is 9.73. The molecule has 22 heavy (non-hydrogen) atoms. The van der Waals surface area contributed by atoms with Crippen molar-refractivity contribution in [3.8, 4) is 0 Å². The van der Waals surface area contributed by atoms with Crippen molar-refractivity contribution in [1.29, 1.82) is 0 Å². The van der Waals surface area contributed by atoms with Crippen LogP contribution in [0.3, 0.4) is 0 Å². The highest BCUT2D eigenvalue weighted by molar-refractivity contribution is 5.93. The summed E-state index contributed by atoms with van der Waals surface area (Å²) in [6.07, 6.45) is 6.21. The van der Waals surface area contributed by atoms with Crippen LogP contribution in [0.2, 0.25) is 0 Å². The van der Waals surface area contributed by atoms with Gasteiger partial charge in [-0.15, -0.1) is 0 Å². The summed E-state index contributed by atoms with van der Waals surface area (Å²) in [7, 11) is 0. The summed E-state index contributed by atoms with van der Waals surface area (Å²) in [5.74, 6) is -0.0465. The summed E-state index contributed by atoms with van der Waals surface area (Å²) < 4.78 is 5.26. The number of carbonyl (C=O) groups excluding carboxylic acids is 2. The van der Waals surface area contributed by atoms with E-state index in [1.807, 2.05) is 40.7 Å². The van der Waals surface area contributed by atoms with E-state index >= 15 is 0 Å². The Kier molecular flexibility index (Phi) is 6.45. The van der Waals surface area contributed by atoms with Crippen molar-refractivity contribution in [2.24, 2.45) is 0 Å². The summed E-state index contributed by atoms with van der Waals surface area (Å²) in [6, 6.07) is 0. The first-order chi connectivity index (χ1) is 10.2. The van der Waals surface area contributed by atoms with Gasteiger partial charge in [-0.1, -0.05) is 25.8 Å². The Hall–Kier alpha value is -1.52. The number of nitrogens with one attached hydrogen (secondary N) is 2. The summed E-state index contributed by atoms with van der Waals surface area (Å²) in [5.41, 5.74) is -0.140. The van der Waals surface area contributed by atoms with Crippen molar-refractivity contribution in [1.82, 2.24) is 10.6 Å². The lowest BCUT2D eigenvalue weighted by atomic mass is 9.96. The van der Waals surface area contributed by atoms with Crippen molar-refractivity contribution in [2.75, 3.05) is 6.54 Å². The van der Waals surface area contributed by atoms with Crippen molar-refractivity contribution < 1.29 is 14.3 Å². The first-order valence-electron chi connectivity index (χ1n) is 8.13. The second-order valence-electron chi connectivity index (χ2n) is 7.09. The highest BCUT2D eigenvalue weighted by Crippen LogP contribution is 2.29. The predicted octanol–water partition coefficient (Wildman–Crippen LogP) is 3.30. The molecule has 0 bridgehead atoms. The first-order valence-corrected chi connectivity index (χ1v) is 8.13. The lowest BCUT2D eigenvalue weighted by molar-refractivity contribution is -0.119. The third-order valence-electron chi connectivity index (χ3n) is 3.78. The molecule has 0 atom stereocenters. The van der Waals surface area contributed by atoms with Crippen LogP contribution in [0.1, 0.15) is 66.7 Å². The van der Waals surface area contributed by atoms with E-state index in [-0.39, 0.29) is 11.4 Å². The van der Waals surface area contributed by atoms with Crippen LogP contribution in [0.4, 0.5) is 4.79 Å². The van der Waals surface area contributed by atoms with Crippen LogP contribution in [-0.4, -0.2) is 29.7 Å². The van der Waals surface area contributed by atoms with Crippen molar-refractivity contribution in [3.05, 3.63) is 11.6 Å². The molecular weight excluding hydrogens is 280 g/mol. The monoisotopic (exact) mass is 310 g/mol. The first kappa shape index (κ1) is 18.5. The zero-order valence-electron chi connectivity index (χ0n) is 14.5. The summed E-state index contributed by atoms with van der Waals surface area (Å²) >= 11 is 0. The van der Waals surface area contributed by atoms with E-state index in [2.05, 4.69) is 10.6 Å². The van der Waals surface area contributed by atoms with E-state index in [1.54, 1.807) is 0 Å². The van der Waals surface area contributed by atoms with Crippen molar-refractivity contribution >= 4 is 12.0 Å². The quantitative estimate of drug-likeness (QED) is 0.766. The molecule has 5 nitrogen and oxygen atoms in total. The minimum absolute atomic E-state index is 0.0465. The second-order valence-corrected chi connectivity index (χ2v) is 7.09. The molecule has 2 amide bonds. The maximum atomic E-state index is 12.2. The molecule has 1 saturated carbocycles. The molecule has 1 fully saturated rings. The molecular formula is C17H30N2O3. The van der Waals surface area contributed by atoms with Gasteiger partial charge >= 0.3 is 6.09 Å². The molecule has 0 radical (unpaired) electrons. The molecule has 0 unspecified atom stereocenters. The molecule has 126 valence electrons. The van der Waals surface area contributed by atoms with E-state index in [1.165, 1.54) is 0 Å². The average Bonchev–Trinajstić information content (AvgIpc) is 2.84. The van der Waals surface area contributed by atoms with Crippen LogP contribution >= 0.6 is 0 Å². The van der Waals surface area contributed by atoms with Crippen molar-refractivity contribution in [2.45, 2.75) is 77.9 Å². The molecule has 1 rings (SSSR count). The number of hydrogen-bond donors (Lipinski definition) is 2. The van der Waals surface area contributed by atoms with Gasteiger partial charge in [-0.05, 0) is 47.0 Å². The molecule has 0 aromatic rings. The highest BCUT2D eigenvalue weighted by Gasteiger charge is 2.36. The SMILES string of the molecule is CCC=C(C)C(=O)NC1(CNC(=O)OC(C)(C)C)CCCC1. The molecule has 0 saturated heterocycles. The Morgan fingerprint density at radius 3 is 2.32 bits per heavy atom. The number of hydrogen-bond acceptors (Lipinski definition) is 3. The summed E-state index contributed by atoms with van der Waals surface area (Å²) in [5, 5.41) is 5.92. The Balaban J connectivity index is 2.63. The fraction of sp³-hybridized carbons (Fsp3) is 0.765. The van der Waals surface area contributed by atoms with Crippen LogP contribution in [0.25, 0.3) is 0 Å². The number of allylic oxidation sites excluding steroid dienone is 1. The Morgan fingerprint density at radius 2 is 1.82 bits per heavy atom. The number of rotatable bonds is 5. The molecule has 0 spiro atoms. The van der Waals surface area contributed by atoms with Gasteiger partial charge < -0.3 is 15.4 Å². The Morgan fingerprint density at radius 1 is 1.23 bits per heavy atom. The zero-order valence-corrected chi connectivity index (χ0v) is 14.5.